The molecule has 0 spiro atoms. The molecule has 2 heterocycles. The van der Waals surface area contributed by atoms with Crippen LogP contribution in [0.2, 0.25) is 5.02 Å². The van der Waals surface area contributed by atoms with E-state index in [9.17, 15) is 4.79 Å². The van der Waals surface area contributed by atoms with Crippen LogP contribution in [-0.4, -0.2) is 20.7 Å². The second-order valence-corrected chi connectivity index (χ2v) is 7.21. The predicted octanol–water partition coefficient (Wildman–Crippen LogP) is 4.31. The highest BCUT2D eigenvalue weighted by Crippen LogP contribution is 2.27. The Bertz CT molecular complexity index is 845. The number of nitrogens with zero attached hydrogens (tertiary/aromatic N) is 3. The Morgan fingerprint density at radius 2 is 2.16 bits per heavy atom. The summed E-state index contributed by atoms with van der Waals surface area (Å²) in [7, 11) is 0. The minimum absolute atomic E-state index is 0.0230. The topological polar surface area (TPSA) is 59.8 Å². The molecule has 0 unspecified atom stereocenters. The van der Waals surface area contributed by atoms with Crippen LogP contribution in [0.25, 0.3) is 0 Å². The van der Waals surface area contributed by atoms with Crippen molar-refractivity contribution in [1.82, 2.24) is 14.8 Å². The van der Waals surface area contributed by atoms with Crippen molar-refractivity contribution in [3.8, 4) is 0 Å². The average Bonchev–Trinajstić information content (AvgIpc) is 3.20. The van der Waals surface area contributed by atoms with E-state index in [0.717, 1.165) is 40.5 Å². The number of nitrogens with one attached hydrogen (secondary N) is 1. The number of aromatic nitrogens is 3. The number of thiazole rings is 1. The molecule has 1 amide bonds. The number of benzene rings is 1. The van der Waals surface area contributed by atoms with Gasteiger partial charge in [0.25, 0.3) is 0 Å². The number of carbonyl (C=O) groups excluding carboxylic acids is 1. The quantitative estimate of drug-likeness (QED) is 0.670. The smallest absolute Gasteiger partial charge is 0.226 e. The van der Waals surface area contributed by atoms with Crippen molar-refractivity contribution in [2.75, 3.05) is 5.32 Å². The normalized spacial score (nSPS) is 10.8. The van der Waals surface area contributed by atoms with Gasteiger partial charge in [-0.3, -0.25) is 9.48 Å². The number of rotatable bonds is 7. The summed E-state index contributed by atoms with van der Waals surface area (Å²) in [5.74, 6) is -0.0230. The van der Waals surface area contributed by atoms with Crippen molar-refractivity contribution in [1.29, 1.82) is 0 Å². The lowest BCUT2D eigenvalue weighted by Crippen LogP contribution is -2.12. The first-order valence-corrected chi connectivity index (χ1v) is 9.28. The van der Waals surface area contributed by atoms with Gasteiger partial charge in [-0.05, 0) is 31.0 Å². The van der Waals surface area contributed by atoms with E-state index in [0.29, 0.717) is 11.6 Å². The molecule has 3 rings (SSSR count). The molecular formula is C18H19ClN4OS. The summed E-state index contributed by atoms with van der Waals surface area (Å²) in [6.07, 6.45) is 5.53. The summed E-state index contributed by atoms with van der Waals surface area (Å²) in [5.41, 5.74) is 1.99. The van der Waals surface area contributed by atoms with E-state index in [1.807, 2.05) is 48.1 Å². The van der Waals surface area contributed by atoms with Crippen LogP contribution in [-0.2, 0) is 17.8 Å². The molecule has 25 heavy (non-hydrogen) atoms. The van der Waals surface area contributed by atoms with Crippen molar-refractivity contribution in [3.05, 3.63) is 63.9 Å². The first-order valence-electron chi connectivity index (χ1n) is 8.09. The number of halogens is 1. The molecule has 7 heteroatoms. The van der Waals surface area contributed by atoms with Crippen molar-refractivity contribution in [2.24, 2.45) is 0 Å². The van der Waals surface area contributed by atoms with E-state index in [1.165, 1.54) is 11.3 Å². The highest BCUT2D eigenvalue weighted by molar-refractivity contribution is 7.15. The molecule has 0 saturated heterocycles. The molecule has 3 aromatic rings. The molecule has 130 valence electrons. The van der Waals surface area contributed by atoms with E-state index in [2.05, 4.69) is 15.4 Å². The van der Waals surface area contributed by atoms with Crippen LogP contribution in [0.4, 0.5) is 5.13 Å². The fourth-order valence-electron chi connectivity index (χ4n) is 2.48. The SMILES string of the molecule is Cc1nc(NC(=O)CCCn2cccn2)sc1Cc1ccccc1Cl. The Balaban J connectivity index is 1.54. The Hall–Kier alpha value is -2.18. The third-order valence-corrected chi connectivity index (χ3v) is 5.24. The third-order valence-electron chi connectivity index (χ3n) is 3.80. The van der Waals surface area contributed by atoms with Crippen molar-refractivity contribution >= 4 is 34.0 Å². The fraction of sp³-hybridized carbons (Fsp3) is 0.278. The van der Waals surface area contributed by atoms with Crippen LogP contribution < -0.4 is 5.32 Å². The van der Waals surface area contributed by atoms with Gasteiger partial charge in [0, 0.05) is 41.7 Å². The standard InChI is InChI=1S/C18H19ClN4OS/c1-13-16(12-14-6-2-3-7-15(14)19)25-18(21-13)22-17(24)8-4-10-23-11-5-9-20-23/h2-3,5-7,9,11H,4,8,10,12H2,1H3,(H,21,22,24). The van der Waals surface area contributed by atoms with Crippen LogP contribution >= 0.6 is 22.9 Å². The van der Waals surface area contributed by atoms with E-state index in [-0.39, 0.29) is 5.91 Å². The maximum Gasteiger partial charge on any atom is 0.226 e. The van der Waals surface area contributed by atoms with Gasteiger partial charge in [0.15, 0.2) is 5.13 Å². The Labute approximate surface area is 155 Å². The van der Waals surface area contributed by atoms with Crippen LogP contribution in [0.15, 0.2) is 42.7 Å². The molecule has 5 nitrogen and oxygen atoms in total. The molecule has 0 fully saturated rings. The molecule has 2 aromatic heterocycles. The summed E-state index contributed by atoms with van der Waals surface area (Å²) < 4.78 is 1.82. The highest BCUT2D eigenvalue weighted by atomic mass is 35.5. The number of carbonyl (C=O) groups is 1. The van der Waals surface area contributed by atoms with Gasteiger partial charge >= 0.3 is 0 Å². The molecule has 1 N–H and O–H groups in total. The van der Waals surface area contributed by atoms with Crippen LogP contribution in [0, 0.1) is 6.92 Å². The van der Waals surface area contributed by atoms with Crippen molar-refractivity contribution < 1.29 is 4.79 Å². The van der Waals surface area contributed by atoms with Crippen molar-refractivity contribution in [3.63, 3.8) is 0 Å². The number of anilines is 1. The first kappa shape index (κ1) is 17.6. The first-order chi connectivity index (χ1) is 12.1. The Kier molecular flexibility index (Phi) is 5.83. The lowest BCUT2D eigenvalue weighted by molar-refractivity contribution is -0.116. The second-order valence-electron chi connectivity index (χ2n) is 5.72. The largest absolute Gasteiger partial charge is 0.302 e. The Morgan fingerprint density at radius 3 is 2.92 bits per heavy atom. The zero-order valence-electron chi connectivity index (χ0n) is 13.9. The molecule has 0 aliphatic carbocycles. The van der Waals surface area contributed by atoms with Gasteiger partial charge in [0.2, 0.25) is 5.91 Å². The average molecular weight is 375 g/mol. The lowest BCUT2D eigenvalue weighted by atomic mass is 10.1. The van der Waals surface area contributed by atoms with E-state index in [4.69, 9.17) is 11.6 Å². The number of hydrogen-bond donors (Lipinski definition) is 1. The summed E-state index contributed by atoms with van der Waals surface area (Å²) in [4.78, 5) is 17.7. The third kappa shape index (κ3) is 4.90. The molecule has 0 radical (unpaired) electrons. The Morgan fingerprint density at radius 1 is 1.32 bits per heavy atom. The number of aryl methyl sites for hydroxylation is 2. The molecule has 0 atom stereocenters. The van der Waals surface area contributed by atoms with Gasteiger partial charge in [-0.2, -0.15) is 5.10 Å². The summed E-state index contributed by atoms with van der Waals surface area (Å²) in [6, 6.07) is 9.66. The minimum Gasteiger partial charge on any atom is -0.302 e. The number of hydrogen-bond acceptors (Lipinski definition) is 4. The lowest BCUT2D eigenvalue weighted by Gasteiger charge is -2.03. The minimum atomic E-state index is -0.0230. The van der Waals surface area contributed by atoms with E-state index < -0.39 is 0 Å². The van der Waals surface area contributed by atoms with Gasteiger partial charge in [-0.25, -0.2) is 4.98 Å². The monoisotopic (exact) mass is 374 g/mol. The van der Waals surface area contributed by atoms with Gasteiger partial charge in [0.05, 0.1) is 5.69 Å². The number of amides is 1. The molecule has 0 bridgehead atoms. The second kappa shape index (κ2) is 8.27. The van der Waals surface area contributed by atoms with E-state index >= 15 is 0 Å². The maximum absolute atomic E-state index is 12.1. The van der Waals surface area contributed by atoms with Crippen molar-refractivity contribution in [2.45, 2.75) is 32.7 Å². The summed E-state index contributed by atoms with van der Waals surface area (Å²) in [6.45, 7) is 2.69. The molecular weight excluding hydrogens is 356 g/mol. The van der Waals surface area contributed by atoms with Crippen LogP contribution in [0.3, 0.4) is 0 Å². The van der Waals surface area contributed by atoms with Crippen LogP contribution in [0.5, 0.6) is 0 Å². The summed E-state index contributed by atoms with van der Waals surface area (Å²) >= 11 is 7.73. The fourth-order valence-corrected chi connectivity index (χ4v) is 3.68. The zero-order chi connectivity index (χ0) is 17.6. The highest BCUT2D eigenvalue weighted by Gasteiger charge is 2.12. The van der Waals surface area contributed by atoms with Gasteiger partial charge < -0.3 is 5.32 Å². The predicted molar refractivity (Wildman–Crippen MR) is 101 cm³/mol. The molecule has 0 aliphatic rings. The van der Waals surface area contributed by atoms with Gasteiger partial charge in [-0.1, -0.05) is 29.8 Å². The van der Waals surface area contributed by atoms with Crippen LogP contribution in [0.1, 0.15) is 29.0 Å². The van der Waals surface area contributed by atoms with Gasteiger partial charge in [-0.15, -0.1) is 11.3 Å². The molecule has 0 saturated carbocycles. The summed E-state index contributed by atoms with van der Waals surface area (Å²) in [5, 5.41) is 8.40. The maximum atomic E-state index is 12.1. The molecule has 0 aliphatic heterocycles. The molecule has 1 aromatic carbocycles. The van der Waals surface area contributed by atoms with Gasteiger partial charge in [0.1, 0.15) is 0 Å². The zero-order valence-corrected chi connectivity index (χ0v) is 15.5. The van der Waals surface area contributed by atoms with E-state index in [1.54, 1.807) is 6.20 Å².